The van der Waals surface area contributed by atoms with E-state index >= 15 is 0 Å². The maximum absolute atomic E-state index is 11.2. The Morgan fingerprint density at radius 1 is 1.20 bits per heavy atom. The van der Waals surface area contributed by atoms with E-state index in [-0.39, 0.29) is 12.5 Å². The molecule has 0 heterocycles. The van der Waals surface area contributed by atoms with E-state index in [1.165, 1.54) is 25.7 Å². The van der Waals surface area contributed by atoms with Crippen LogP contribution in [0, 0.1) is 0 Å². The van der Waals surface area contributed by atoms with Crippen LogP contribution < -0.4 is 15.4 Å². The fourth-order valence-electron chi connectivity index (χ4n) is 1.86. The number of rotatable bonds is 10. The van der Waals surface area contributed by atoms with Crippen molar-refractivity contribution in [3.8, 4) is 5.75 Å². The third-order valence-electron chi connectivity index (χ3n) is 3.08. The molecule has 1 aromatic carbocycles. The summed E-state index contributed by atoms with van der Waals surface area (Å²) in [5.41, 5.74) is 0.900. The zero-order valence-corrected chi connectivity index (χ0v) is 12.6. The van der Waals surface area contributed by atoms with Gasteiger partial charge in [0.05, 0.1) is 13.2 Å². The minimum absolute atomic E-state index is 0.0350. The minimum Gasteiger partial charge on any atom is -0.494 e. The Labute approximate surface area is 121 Å². The predicted octanol–water partition coefficient (Wildman–Crippen LogP) is 3.19. The molecule has 0 spiro atoms. The average molecular weight is 278 g/mol. The summed E-state index contributed by atoms with van der Waals surface area (Å²) in [6.45, 7) is 3.24. The monoisotopic (exact) mass is 278 g/mol. The van der Waals surface area contributed by atoms with Crippen LogP contribution in [0.2, 0.25) is 0 Å². The SMILES string of the molecule is CCCCCCCOc1cccc(NCC(=O)NC)c1. The lowest BCUT2D eigenvalue weighted by Crippen LogP contribution is -2.26. The minimum atomic E-state index is -0.0350. The lowest BCUT2D eigenvalue weighted by Gasteiger charge is -2.09. The first-order chi connectivity index (χ1) is 9.76. The number of anilines is 1. The molecule has 1 amide bonds. The highest BCUT2D eigenvalue weighted by Gasteiger charge is 2.00. The smallest absolute Gasteiger partial charge is 0.239 e. The van der Waals surface area contributed by atoms with Crippen molar-refractivity contribution in [2.75, 3.05) is 25.5 Å². The first-order valence-corrected chi connectivity index (χ1v) is 7.43. The van der Waals surface area contributed by atoms with E-state index in [0.29, 0.717) is 0 Å². The summed E-state index contributed by atoms with van der Waals surface area (Å²) >= 11 is 0. The molecule has 2 N–H and O–H groups in total. The summed E-state index contributed by atoms with van der Waals surface area (Å²) in [6, 6.07) is 7.72. The molecule has 0 saturated carbocycles. The van der Waals surface area contributed by atoms with Crippen molar-refractivity contribution >= 4 is 11.6 Å². The van der Waals surface area contributed by atoms with Gasteiger partial charge in [-0.1, -0.05) is 38.7 Å². The highest BCUT2D eigenvalue weighted by atomic mass is 16.5. The molecule has 0 unspecified atom stereocenters. The summed E-state index contributed by atoms with van der Waals surface area (Å²) in [7, 11) is 1.63. The van der Waals surface area contributed by atoms with Crippen LogP contribution >= 0.6 is 0 Å². The van der Waals surface area contributed by atoms with Gasteiger partial charge in [0, 0.05) is 18.8 Å². The fraction of sp³-hybridized carbons (Fsp3) is 0.562. The maximum atomic E-state index is 11.2. The van der Waals surface area contributed by atoms with Crippen molar-refractivity contribution < 1.29 is 9.53 Å². The van der Waals surface area contributed by atoms with Crippen molar-refractivity contribution in [3.63, 3.8) is 0 Å². The lowest BCUT2D eigenvalue weighted by atomic mass is 10.2. The summed E-state index contributed by atoms with van der Waals surface area (Å²) in [5, 5.41) is 5.64. The largest absolute Gasteiger partial charge is 0.494 e. The molecule has 0 aromatic heterocycles. The highest BCUT2D eigenvalue weighted by molar-refractivity contribution is 5.80. The second kappa shape index (κ2) is 10.1. The van der Waals surface area contributed by atoms with Gasteiger partial charge in [-0.05, 0) is 18.6 Å². The van der Waals surface area contributed by atoms with Gasteiger partial charge in [0.1, 0.15) is 5.75 Å². The third kappa shape index (κ3) is 7.02. The zero-order chi connectivity index (χ0) is 14.6. The Balaban J connectivity index is 2.27. The van der Waals surface area contributed by atoms with Crippen LogP contribution in [-0.2, 0) is 4.79 Å². The second-order valence-corrected chi connectivity index (χ2v) is 4.82. The second-order valence-electron chi connectivity index (χ2n) is 4.82. The Bertz CT molecular complexity index is 394. The molecule has 4 heteroatoms. The topological polar surface area (TPSA) is 50.4 Å². The van der Waals surface area contributed by atoms with Crippen molar-refractivity contribution in [3.05, 3.63) is 24.3 Å². The molecule has 0 fully saturated rings. The van der Waals surface area contributed by atoms with Crippen LogP contribution in [0.4, 0.5) is 5.69 Å². The van der Waals surface area contributed by atoms with Crippen LogP contribution in [0.1, 0.15) is 39.0 Å². The van der Waals surface area contributed by atoms with Gasteiger partial charge < -0.3 is 15.4 Å². The van der Waals surface area contributed by atoms with E-state index in [4.69, 9.17) is 4.74 Å². The van der Waals surface area contributed by atoms with E-state index in [0.717, 1.165) is 24.5 Å². The van der Waals surface area contributed by atoms with Crippen molar-refractivity contribution in [1.29, 1.82) is 0 Å². The molecule has 112 valence electrons. The van der Waals surface area contributed by atoms with Gasteiger partial charge >= 0.3 is 0 Å². The first kappa shape index (κ1) is 16.3. The van der Waals surface area contributed by atoms with Crippen molar-refractivity contribution in [2.24, 2.45) is 0 Å². The number of ether oxygens (including phenoxy) is 1. The quantitative estimate of drug-likeness (QED) is 0.646. The van der Waals surface area contributed by atoms with Crippen molar-refractivity contribution in [2.45, 2.75) is 39.0 Å². The zero-order valence-electron chi connectivity index (χ0n) is 12.6. The Morgan fingerprint density at radius 3 is 2.75 bits per heavy atom. The molecule has 0 atom stereocenters. The van der Waals surface area contributed by atoms with Crippen LogP contribution in [0.25, 0.3) is 0 Å². The van der Waals surface area contributed by atoms with Crippen LogP contribution in [0.15, 0.2) is 24.3 Å². The number of nitrogens with one attached hydrogen (secondary N) is 2. The van der Waals surface area contributed by atoms with Gasteiger partial charge in [-0.25, -0.2) is 0 Å². The van der Waals surface area contributed by atoms with Gasteiger partial charge in [0.25, 0.3) is 0 Å². The third-order valence-corrected chi connectivity index (χ3v) is 3.08. The molecule has 0 aliphatic carbocycles. The number of benzene rings is 1. The van der Waals surface area contributed by atoms with Gasteiger partial charge in [-0.3, -0.25) is 4.79 Å². The van der Waals surface area contributed by atoms with Crippen LogP contribution in [0.3, 0.4) is 0 Å². The maximum Gasteiger partial charge on any atom is 0.239 e. The van der Waals surface area contributed by atoms with E-state index in [9.17, 15) is 4.79 Å². The van der Waals surface area contributed by atoms with Crippen LogP contribution in [0.5, 0.6) is 5.75 Å². The molecule has 1 rings (SSSR count). The standard InChI is InChI=1S/C16H26N2O2/c1-3-4-5-6-7-11-20-15-10-8-9-14(12-15)18-13-16(19)17-2/h8-10,12,18H,3-7,11,13H2,1-2H3,(H,17,19). The number of hydrogen-bond acceptors (Lipinski definition) is 3. The van der Waals surface area contributed by atoms with Gasteiger partial charge in [-0.2, -0.15) is 0 Å². The average Bonchev–Trinajstić information content (AvgIpc) is 2.48. The van der Waals surface area contributed by atoms with Crippen molar-refractivity contribution in [1.82, 2.24) is 5.32 Å². The molecule has 0 saturated heterocycles. The van der Waals surface area contributed by atoms with Gasteiger partial charge in [-0.15, -0.1) is 0 Å². The fourth-order valence-corrected chi connectivity index (χ4v) is 1.86. The number of hydrogen-bond donors (Lipinski definition) is 2. The molecule has 4 nitrogen and oxygen atoms in total. The molecular weight excluding hydrogens is 252 g/mol. The summed E-state index contributed by atoms with van der Waals surface area (Å²) < 4.78 is 5.72. The van der Waals surface area contributed by atoms with Crippen LogP contribution in [-0.4, -0.2) is 26.1 Å². The summed E-state index contributed by atoms with van der Waals surface area (Å²) in [6.07, 6.45) is 6.17. The Morgan fingerprint density at radius 2 is 2.00 bits per heavy atom. The first-order valence-electron chi connectivity index (χ1n) is 7.43. The molecule has 1 aromatic rings. The number of amides is 1. The van der Waals surface area contributed by atoms with Gasteiger partial charge in [0.2, 0.25) is 5.91 Å². The van der Waals surface area contributed by atoms with E-state index in [2.05, 4.69) is 17.6 Å². The van der Waals surface area contributed by atoms with E-state index < -0.39 is 0 Å². The number of carbonyl (C=O) groups is 1. The highest BCUT2D eigenvalue weighted by Crippen LogP contribution is 2.17. The Kier molecular flexibility index (Phi) is 8.27. The number of likely N-dealkylation sites (N-methyl/N-ethyl adjacent to an activating group) is 1. The van der Waals surface area contributed by atoms with E-state index in [1.807, 2.05) is 24.3 Å². The molecule has 0 bridgehead atoms. The van der Waals surface area contributed by atoms with E-state index in [1.54, 1.807) is 7.05 Å². The molecule has 0 aliphatic rings. The number of carbonyl (C=O) groups excluding carboxylic acids is 1. The molecular formula is C16H26N2O2. The molecule has 0 radical (unpaired) electrons. The molecule has 0 aliphatic heterocycles. The summed E-state index contributed by atoms with van der Waals surface area (Å²) in [5.74, 6) is 0.814. The predicted molar refractivity (Wildman–Crippen MR) is 83.3 cm³/mol. The summed E-state index contributed by atoms with van der Waals surface area (Å²) in [4.78, 5) is 11.2. The molecule has 20 heavy (non-hydrogen) atoms. The normalized spacial score (nSPS) is 10.1. The number of unbranched alkanes of at least 4 members (excludes halogenated alkanes) is 4. The Hall–Kier alpha value is -1.71. The van der Waals surface area contributed by atoms with Gasteiger partial charge in [0.15, 0.2) is 0 Å². The lowest BCUT2D eigenvalue weighted by molar-refractivity contribution is -0.118.